The number of aromatic nitrogens is 1. The smallest absolute Gasteiger partial charge is 0.252 e. The minimum atomic E-state index is -3.47. The van der Waals surface area contributed by atoms with Crippen molar-refractivity contribution >= 4 is 27.3 Å². The number of oxazole rings is 1. The third kappa shape index (κ3) is 5.28. The Kier molecular flexibility index (Phi) is 6.46. The van der Waals surface area contributed by atoms with Crippen molar-refractivity contribution in [2.45, 2.75) is 23.6 Å². The molecule has 0 radical (unpaired) electrons. The Balaban J connectivity index is 1.50. The van der Waals surface area contributed by atoms with E-state index in [9.17, 15) is 17.6 Å². The van der Waals surface area contributed by atoms with Gasteiger partial charge >= 0.3 is 0 Å². The van der Waals surface area contributed by atoms with Crippen LogP contribution in [0.2, 0.25) is 0 Å². The van der Waals surface area contributed by atoms with E-state index in [4.69, 9.17) is 4.42 Å². The van der Waals surface area contributed by atoms with Gasteiger partial charge in [-0.15, -0.1) is 11.3 Å². The van der Waals surface area contributed by atoms with Gasteiger partial charge in [-0.25, -0.2) is 22.1 Å². The van der Waals surface area contributed by atoms with Gasteiger partial charge in [-0.1, -0.05) is 0 Å². The molecule has 1 amide bonds. The lowest BCUT2D eigenvalue weighted by Gasteiger charge is -2.08. The number of sulfonamides is 1. The second kappa shape index (κ2) is 8.85. The van der Waals surface area contributed by atoms with Crippen LogP contribution in [0, 0.1) is 5.82 Å². The van der Waals surface area contributed by atoms with Gasteiger partial charge in [-0.3, -0.25) is 4.79 Å². The van der Waals surface area contributed by atoms with Crippen LogP contribution in [0.15, 0.2) is 51.2 Å². The van der Waals surface area contributed by atoms with Crippen LogP contribution >= 0.6 is 11.3 Å². The van der Waals surface area contributed by atoms with E-state index in [1.807, 2.05) is 0 Å². The zero-order valence-electron chi connectivity index (χ0n) is 15.9. The third-order valence-electron chi connectivity index (χ3n) is 4.08. The number of halogens is 1. The molecule has 0 atom stereocenters. The minimum absolute atomic E-state index is 0.178. The van der Waals surface area contributed by atoms with Crippen LogP contribution < -0.4 is 5.32 Å². The number of benzene rings is 1. The summed E-state index contributed by atoms with van der Waals surface area (Å²) in [4.78, 5) is 17.0. The zero-order chi connectivity index (χ0) is 21.0. The number of thiophene rings is 1. The Hall–Kier alpha value is -2.56. The number of carbonyl (C=O) groups excluding carboxylic acids is 1. The summed E-state index contributed by atoms with van der Waals surface area (Å²) in [5.41, 5.74) is 0.704. The quantitative estimate of drug-likeness (QED) is 0.585. The van der Waals surface area contributed by atoms with Gasteiger partial charge in [0.1, 0.15) is 10.0 Å². The summed E-state index contributed by atoms with van der Waals surface area (Å²) in [5.74, 6) is 0.392. The molecule has 29 heavy (non-hydrogen) atoms. The molecule has 154 valence electrons. The van der Waals surface area contributed by atoms with E-state index in [0.717, 1.165) is 20.5 Å². The van der Waals surface area contributed by atoms with Crippen molar-refractivity contribution in [2.75, 3.05) is 14.1 Å². The molecule has 0 aliphatic heterocycles. The highest BCUT2D eigenvalue weighted by atomic mass is 32.2. The number of nitrogens with one attached hydrogen (secondary N) is 1. The standard InChI is InChI=1S/C19H20FN3O4S2/c1-23(2)29(25,26)19-10-7-15(28-19)11-21-17(24)8-9-18-22-12-16(27-18)13-3-5-14(20)6-4-13/h3-7,10,12H,8-9,11H2,1-2H3,(H,21,24). The largest absolute Gasteiger partial charge is 0.441 e. The molecule has 0 saturated carbocycles. The summed E-state index contributed by atoms with van der Waals surface area (Å²) in [7, 11) is -0.520. The molecule has 2 aromatic heterocycles. The molecule has 0 spiro atoms. The van der Waals surface area contributed by atoms with E-state index in [2.05, 4.69) is 10.3 Å². The van der Waals surface area contributed by atoms with Crippen molar-refractivity contribution in [2.24, 2.45) is 0 Å². The Morgan fingerprint density at radius 3 is 2.62 bits per heavy atom. The lowest BCUT2D eigenvalue weighted by Crippen LogP contribution is -2.22. The number of carbonyl (C=O) groups is 1. The lowest BCUT2D eigenvalue weighted by molar-refractivity contribution is -0.121. The Morgan fingerprint density at radius 1 is 1.21 bits per heavy atom. The molecule has 0 aliphatic carbocycles. The Bertz CT molecular complexity index is 1090. The monoisotopic (exact) mass is 437 g/mol. The fourth-order valence-corrected chi connectivity index (χ4v) is 4.90. The number of rotatable bonds is 8. The van der Waals surface area contributed by atoms with Crippen LogP contribution in [0.3, 0.4) is 0 Å². The second-order valence-corrected chi connectivity index (χ2v) is 9.96. The molecular formula is C19H20FN3O4S2. The number of nitrogens with zero attached hydrogens (tertiary/aromatic N) is 2. The van der Waals surface area contributed by atoms with Crippen LogP contribution in [0.25, 0.3) is 11.3 Å². The third-order valence-corrected chi connectivity index (χ3v) is 7.45. The average molecular weight is 438 g/mol. The number of amides is 1. The Labute approximate surface area is 172 Å². The van der Waals surface area contributed by atoms with Gasteiger partial charge in [-0.2, -0.15) is 0 Å². The number of hydrogen-bond acceptors (Lipinski definition) is 6. The average Bonchev–Trinajstić information content (AvgIpc) is 3.35. The van der Waals surface area contributed by atoms with Gasteiger partial charge in [0.2, 0.25) is 5.91 Å². The van der Waals surface area contributed by atoms with Crippen molar-refractivity contribution in [3.8, 4) is 11.3 Å². The van der Waals surface area contributed by atoms with Crippen molar-refractivity contribution in [3.05, 3.63) is 59.2 Å². The lowest BCUT2D eigenvalue weighted by atomic mass is 10.2. The molecule has 10 heteroatoms. The molecule has 1 aromatic carbocycles. The molecule has 3 aromatic rings. The molecule has 0 fully saturated rings. The number of aryl methyl sites for hydroxylation is 1. The second-order valence-electron chi connectivity index (χ2n) is 6.41. The van der Waals surface area contributed by atoms with E-state index < -0.39 is 10.0 Å². The highest BCUT2D eigenvalue weighted by Crippen LogP contribution is 2.24. The minimum Gasteiger partial charge on any atom is -0.441 e. The predicted octanol–water partition coefficient (Wildman–Crippen LogP) is 3.04. The summed E-state index contributed by atoms with van der Waals surface area (Å²) in [6.45, 7) is 0.249. The maximum absolute atomic E-state index is 13.0. The van der Waals surface area contributed by atoms with Crippen LogP contribution in [-0.4, -0.2) is 37.7 Å². The fourth-order valence-electron chi connectivity index (χ4n) is 2.44. The molecule has 2 heterocycles. The van der Waals surface area contributed by atoms with Crippen molar-refractivity contribution < 1.29 is 22.0 Å². The van der Waals surface area contributed by atoms with Crippen LogP contribution in [0.4, 0.5) is 4.39 Å². The highest BCUT2D eigenvalue weighted by molar-refractivity contribution is 7.91. The van der Waals surface area contributed by atoms with Gasteiger partial charge in [-0.05, 0) is 36.4 Å². The molecular weight excluding hydrogens is 417 g/mol. The summed E-state index contributed by atoms with van der Waals surface area (Å²) in [6, 6.07) is 9.08. The maximum atomic E-state index is 13.0. The summed E-state index contributed by atoms with van der Waals surface area (Å²) in [6.07, 6.45) is 2.04. The summed E-state index contributed by atoms with van der Waals surface area (Å²) >= 11 is 1.12. The van der Waals surface area contributed by atoms with E-state index in [1.54, 1.807) is 24.4 Å². The SMILES string of the molecule is CN(C)S(=O)(=O)c1ccc(CNC(=O)CCc2ncc(-c3ccc(F)cc3)o2)s1. The molecule has 7 nitrogen and oxygen atoms in total. The molecule has 0 saturated heterocycles. The molecule has 0 unspecified atom stereocenters. The van der Waals surface area contributed by atoms with Gasteiger partial charge in [0.25, 0.3) is 10.0 Å². The van der Waals surface area contributed by atoms with Crippen molar-refractivity contribution in [1.82, 2.24) is 14.6 Å². The van der Waals surface area contributed by atoms with Gasteiger partial charge in [0.15, 0.2) is 11.7 Å². The predicted molar refractivity (Wildman–Crippen MR) is 107 cm³/mol. The van der Waals surface area contributed by atoms with Crippen molar-refractivity contribution in [3.63, 3.8) is 0 Å². The Morgan fingerprint density at radius 2 is 1.93 bits per heavy atom. The van der Waals surface area contributed by atoms with E-state index in [-0.39, 0.29) is 28.9 Å². The fraction of sp³-hybridized carbons (Fsp3) is 0.263. The van der Waals surface area contributed by atoms with Gasteiger partial charge in [0.05, 0.1) is 12.7 Å². The van der Waals surface area contributed by atoms with E-state index >= 15 is 0 Å². The number of hydrogen-bond donors (Lipinski definition) is 1. The summed E-state index contributed by atoms with van der Waals surface area (Å²) in [5, 5.41) is 2.76. The first kappa shape index (κ1) is 21.2. The molecule has 1 N–H and O–H groups in total. The highest BCUT2D eigenvalue weighted by Gasteiger charge is 2.19. The van der Waals surface area contributed by atoms with Crippen molar-refractivity contribution in [1.29, 1.82) is 0 Å². The molecule has 3 rings (SSSR count). The van der Waals surface area contributed by atoms with Crippen LogP contribution in [0.5, 0.6) is 0 Å². The van der Waals surface area contributed by atoms with Gasteiger partial charge < -0.3 is 9.73 Å². The van der Waals surface area contributed by atoms with E-state index in [0.29, 0.717) is 23.6 Å². The normalized spacial score (nSPS) is 11.7. The topological polar surface area (TPSA) is 92.5 Å². The molecule has 0 aliphatic rings. The van der Waals surface area contributed by atoms with Crippen LogP contribution in [-0.2, 0) is 27.8 Å². The first-order valence-corrected chi connectivity index (χ1v) is 11.0. The van der Waals surface area contributed by atoms with Crippen LogP contribution in [0.1, 0.15) is 17.2 Å². The first-order chi connectivity index (χ1) is 13.8. The van der Waals surface area contributed by atoms with E-state index in [1.165, 1.54) is 32.3 Å². The summed E-state index contributed by atoms with van der Waals surface area (Å²) < 4.78 is 44.1. The molecule has 0 bridgehead atoms. The van der Waals surface area contributed by atoms with Gasteiger partial charge in [0, 0.05) is 37.4 Å². The zero-order valence-corrected chi connectivity index (χ0v) is 17.5. The maximum Gasteiger partial charge on any atom is 0.252 e. The first-order valence-electron chi connectivity index (χ1n) is 8.74.